The van der Waals surface area contributed by atoms with Gasteiger partial charge in [0.2, 0.25) is 0 Å². The molecule has 3 heteroatoms. The summed E-state index contributed by atoms with van der Waals surface area (Å²) >= 11 is 0. The van der Waals surface area contributed by atoms with Gasteiger partial charge in [-0.05, 0) is 38.8 Å². The van der Waals surface area contributed by atoms with Gasteiger partial charge < -0.3 is 14.2 Å². The molecule has 2 rings (SSSR count). The summed E-state index contributed by atoms with van der Waals surface area (Å²) in [5.41, 5.74) is 2.13. The Hall–Kier alpha value is -1.16. The van der Waals surface area contributed by atoms with Crippen LogP contribution in [0.15, 0.2) is 42.5 Å². The molecule has 0 saturated carbocycles. The SMILES string of the molecule is C=C(C)[C@H]1OC(C)(C)O[C@@H]1[C@H](C)OCc1ccccc1. The Balaban J connectivity index is 1.97. The lowest BCUT2D eigenvalue weighted by Crippen LogP contribution is -2.35. The molecule has 3 atom stereocenters. The third-order valence-corrected chi connectivity index (χ3v) is 3.43. The van der Waals surface area contributed by atoms with Crippen LogP contribution in [0.25, 0.3) is 0 Å². The smallest absolute Gasteiger partial charge is 0.164 e. The molecular formula is C17H24O3. The van der Waals surface area contributed by atoms with Crippen LogP contribution < -0.4 is 0 Å². The number of ether oxygens (including phenoxy) is 3. The molecule has 0 radical (unpaired) electrons. The molecule has 20 heavy (non-hydrogen) atoms. The summed E-state index contributed by atoms with van der Waals surface area (Å²) < 4.78 is 17.8. The van der Waals surface area contributed by atoms with E-state index in [1.54, 1.807) is 0 Å². The van der Waals surface area contributed by atoms with E-state index in [1.165, 1.54) is 0 Å². The minimum atomic E-state index is -0.585. The second-order valence-corrected chi connectivity index (χ2v) is 5.87. The monoisotopic (exact) mass is 276 g/mol. The molecule has 0 aliphatic carbocycles. The van der Waals surface area contributed by atoms with Gasteiger partial charge in [-0.1, -0.05) is 36.9 Å². The van der Waals surface area contributed by atoms with Crippen molar-refractivity contribution < 1.29 is 14.2 Å². The van der Waals surface area contributed by atoms with Crippen LogP contribution in [0.2, 0.25) is 0 Å². The van der Waals surface area contributed by atoms with Crippen molar-refractivity contribution in [2.45, 2.75) is 58.4 Å². The summed E-state index contributed by atoms with van der Waals surface area (Å²) in [4.78, 5) is 0. The predicted octanol–water partition coefficient (Wildman–Crippen LogP) is 3.69. The zero-order valence-corrected chi connectivity index (χ0v) is 12.8. The summed E-state index contributed by atoms with van der Waals surface area (Å²) in [7, 11) is 0. The normalized spacial score (nSPS) is 26.4. The number of hydrogen-bond acceptors (Lipinski definition) is 3. The molecule has 3 nitrogen and oxygen atoms in total. The quantitative estimate of drug-likeness (QED) is 0.768. The molecule has 1 saturated heterocycles. The fourth-order valence-electron chi connectivity index (χ4n) is 2.41. The van der Waals surface area contributed by atoms with Crippen molar-refractivity contribution in [3.8, 4) is 0 Å². The second-order valence-electron chi connectivity index (χ2n) is 5.87. The van der Waals surface area contributed by atoms with Crippen LogP contribution in [0.3, 0.4) is 0 Å². The minimum absolute atomic E-state index is 0.0568. The molecular weight excluding hydrogens is 252 g/mol. The fraction of sp³-hybridized carbons (Fsp3) is 0.529. The summed E-state index contributed by atoms with van der Waals surface area (Å²) in [6, 6.07) is 10.1. The molecule has 0 N–H and O–H groups in total. The number of rotatable bonds is 5. The lowest BCUT2D eigenvalue weighted by molar-refractivity contribution is -0.157. The Morgan fingerprint density at radius 1 is 1.30 bits per heavy atom. The van der Waals surface area contributed by atoms with Gasteiger partial charge in [0, 0.05) is 0 Å². The average molecular weight is 276 g/mol. The van der Waals surface area contributed by atoms with Gasteiger partial charge in [0.1, 0.15) is 12.2 Å². The summed E-state index contributed by atoms with van der Waals surface area (Å²) in [6.45, 7) is 12.4. The fourth-order valence-corrected chi connectivity index (χ4v) is 2.41. The maximum absolute atomic E-state index is 5.96. The predicted molar refractivity (Wildman–Crippen MR) is 79.3 cm³/mol. The van der Waals surface area contributed by atoms with Gasteiger partial charge in [-0.2, -0.15) is 0 Å². The summed E-state index contributed by atoms with van der Waals surface area (Å²) in [5, 5.41) is 0. The van der Waals surface area contributed by atoms with Crippen molar-refractivity contribution in [3.63, 3.8) is 0 Å². The van der Waals surface area contributed by atoms with E-state index in [2.05, 4.69) is 18.7 Å². The Morgan fingerprint density at radius 2 is 1.95 bits per heavy atom. The zero-order valence-electron chi connectivity index (χ0n) is 12.8. The van der Waals surface area contributed by atoms with E-state index in [1.807, 2.05) is 45.9 Å². The summed E-state index contributed by atoms with van der Waals surface area (Å²) in [5.74, 6) is -0.585. The number of hydrogen-bond donors (Lipinski definition) is 0. The summed E-state index contributed by atoms with van der Waals surface area (Å²) in [6.07, 6.45) is -0.291. The van der Waals surface area contributed by atoms with Crippen LogP contribution in [0, 0.1) is 0 Å². The highest BCUT2D eigenvalue weighted by atomic mass is 16.8. The van der Waals surface area contributed by atoms with Gasteiger partial charge in [-0.15, -0.1) is 0 Å². The molecule has 1 aliphatic rings. The molecule has 1 aromatic carbocycles. The van der Waals surface area contributed by atoms with Gasteiger partial charge in [0.15, 0.2) is 5.79 Å². The van der Waals surface area contributed by atoms with Crippen LogP contribution in [0.5, 0.6) is 0 Å². The van der Waals surface area contributed by atoms with Crippen LogP contribution in [-0.2, 0) is 20.8 Å². The van der Waals surface area contributed by atoms with E-state index in [-0.39, 0.29) is 18.3 Å². The molecule has 1 aliphatic heterocycles. The van der Waals surface area contributed by atoms with Crippen LogP contribution in [-0.4, -0.2) is 24.1 Å². The third-order valence-electron chi connectivity index (χ3n) is 3.43. The maximum Gasteiger partial charge on any atom is 0.164 e. The van der Waals surface area contributed by atoms with E-state index in [9.17, 15) is 0 Å². The van der Waals surface area contributed by atoms with E-state index in [0.29, 0.717) is 6.61 Å². The molecule has 0 bridgehead atoms. The molecule has 1 fully saturated rings. The number of benzene rings is 1. The van der Waals surface area contributed by atoms with Gasteiger partial charge in [-0.25, -0.2) is 0 Å². The van der Waals surface area contributed by atoms with Crippen LogP contribution in [0.4, 0.5) is 0 Å². The maximum atomic E-state index is 5.96. The van der Waals surface area contributed by atoms with Crippen molar-refractivity contribution in [1.29, 1.82) is 0 Å². The standard InChI is InChI=1S/C17H24O3/c1-12(2)15-16(20-17(4,5)19-15)13(3)18-11-14-9-7-6-8-10-14/h6-10,13,15-16H,1,11H2,2-5H3/t13-,15+,16+/m0/s1. The highest BCUT2D eigenvalue weighted by molar-refractivity contribution is 5.13. The lowest BCUT2D eigenvalue weighted by Gasteiger charge is -2.24. The van der Waals surface area contributed by atoms with Gasteiger partial charge in [0.05, 0.1) is 12.7 Å². The largest absolute Gasteiger partial charge is 0.371 e. The first-order valence-electron chi connectivity index (χ1n) is 7.05. The Kier molecular flexibility index (Phi) is 4.63. The minimum Gasteiger partial charge on any atom is -0.371 e. The van der Waals surface area contributed by atoms with Crippen molar-refractivity contribution >= 4 is 0 Å². The first-order valence-corrected chi connectivity index (χ1v) is 7.05. The average Bonchev–Trinajstić information content (AvgIpc) is 2.74. The van der Waals surface area contributed by atoms with Crippen molar-refractivity contribution in [2.24, 2.45) is 0 Å². The third kappa shape index (κ3) is 3.69. The molecule has 1 aromatic rings. The van der Waals surface area contributed by atoms with Gasteiger partial charge in [0.25, 0.3) is 0 Å². The Morgan fingerprint density at radius 3 is 2.55 bits per heavy atom. The molecule has 1 heterocycles. The molecule has 110 valence electrons. The molecule has 0 unspecified atom stereocenters. The van der Waals surface area contributed by atoms with Gasteiger partial charge in [-0.3, -0.25) is 0 Å². The molecule has 0 spiro atoms. The van der Waals surface area contributed by atoms with E-state index >= 15 is 0 Å². The van der Waals surface area contributed by atoms with Crippen LogP contribution in [0.1, 0.15) is 33.3 Å². The second kappa shape index (κ2) is 6.08. The molecule has 0 amide bonds. The lowest BCUT2D eigenvalue weighted by atomic mass is 10.0. The van der Waals surface area contributed by atoms with Crippen LogP contribution >= 0.6 is 0 Å². The van der Waals surface area contributed by atoms with E-state index in [4.69, 9.17) is 14.2 Å². The van der Waals surface area contributed by atoms with Gasteiger partial charge >= 0.3 is 0 Å². The topological polar surface area (TPSA) is 27.7 Å². The van der Waals surface area contributed by atoms with E-state index in [0.717, 1.165) is 11.1 Å². The highest BCUT2D eigenvalue weighted by Crippen LogP contribution is 2.34. The van der Waals surface area contributed by atoms with Crippen molar-refractivity contribution in [1.82, 2.24) is 0 Å². The first kappa shape index (κ1) is 15.2. The van der Waals surface area contributed by atoms with E-state index < -0.39 is 5.79 Å². The molecule has 0 aromatic heterocycles. The Bertz CT molecular complexity index is 453. The first-order chi connectivity index (χ1) is 9.39. The highest BCUT2D eigenvalue weighted by Gasteiger charge is 2.44. The Labute approximate surface area is 121 Å². The zero-order chi connectivity index (χ0) is 14.8. The van der Waals surface area contributed by atoms with Crippen molar-refractivity contribution in [3.05, 3.63) is 48.0 Å². The van der Waals surface area contributed by atoms with Crippen molar-refractivity contribution in [2.75, 3.05) is 0 Å².